The zero-order chi connectivity index (χ0) is 14.8. The van der Waals surface area contributed by atoms with Crippen LogP contribution in [0.3, 0.4) is 0 Å². The van der Waals surface area contributed by atoms with Gasteiger partial charge in [0.2, 0.25) is 0 Å². The summed E-state index contributed by atoms with van der Waals surface area (Å²) in [7, 11) is 0. The van der Waals surface area contributed by atoms with E-state index in [1.807, 2.05) is 0 Å². The molecule has 0 atom stereocenters. The number of likely N-dealkylation sites (tertiary alicyclic amines) is 1. The average molecular weight is 285 g/mol. The third kappa shape index (κ3) is 2.85. The molecule has 0 unspecified atom stereocenters. The minimum Gasteiger partial charge on any atom is -0.346 e. The minimum atomic E-state index is 0.697. The van der Waals surface area contributed by atoms with Gasteiger partial charge in [-0.25, -0.2) is 0 Å². The summed E-state index contributed by atoms with van der Waals surface area (Å²) in [5.41, 5.74) is 11.4. The topological polar surface area (TPSA) is 34.2 Å². The second-order valence-corrected chi connectivity index (χ2v) is 6.36. The van der Waals surface area contributed by atoms with Crippen LogP contribution < -0.4 is 5.73 Å². The highest BCUT2D eigenvalue weighted by Gasteiger charge is 2.15. The fourth-order valence-electron chi connectivity index (χ4n) is 3.68. The lowest BCUT2D eigenvalue weighted by Gasteiger charge is -2.14. The molecule has 2 N–H and O–H groups in total. The van der Waals surface area contributed by atoms with Gasteiger partial charge in [-0.15, -0.1) is 0 Å². The summed E-state index contributed by atoms with van der Waals surface area (Å²) < 4.78 is 2.36. The number of nitrogens with zero attached hydrogens (tertiary/aromatic N) is 2. The molecule has 1 fully saturated rings. The van der Waals surface area contributed by atoms with Gasteiger partial charge >= 0.3 is 0 Å². The molecule has 1 saturated heterocycles. The summed E-state index contributed by atoms with van der Waals surface area (Å²) in [6.07, 6.45) is 6.23. The molecule has 3 nitrogen and oxygen atoms in total. The third-order valence-corrected chi connectivity index (χ3v) is 4.77. The molecule has 1 aromatic carbocycles. The molecule has 0 saturated carbocycles. The molecule has 3 rings (SSSR count). The zero-order valence-corrected chi connectivity index (χ0v) is 13.4. The molecule has 0 amide bonds. The molecule has 21 heavy (non-hydrogen) atoms. The zero-order valence-electron chi connectivity index (χ0n) is 13.4. The van der Waals surface area contributed by atoms with Crippen molar-refractivity contribution in [3.05, 3.63) is 35.0 Å². The van der Waals surface area contributed by atoms with Gasteiger partial charge in [-0.1, -0.05) is 12.1 Å². The first-order valence-electron chi connectivity index (χ1n) is 8.21. The molecule has 0 spiro atoms. The van der Waals surface area contributed by atoms with Gasteiger partial charge in [-0.05, 0) is 62.9 Å². The standard InChI is InChI=1S/C18H27N3/c1-14-5-6-15(2)18-17(14)16(13-21(18)12-8-19)7-11-20-9-3-4-10-20/h5-6,13H,3-4,7-12,19H2,1-2H3. The number of aryl methyl sites for hydroxylation is 2. The van der Waals surface area contributed by atoms with Crippen molar-refractivity contribution in [2.45, 2.75) is 39.7 Å². The quantitative estimate of drug-likeness (QED) is 0.916. The molecular weight excluding hydrogens is 258 g/mol. The van der Waals surface area contributed by atoms with E-state index < -0.39 is 0 Å². The summed E-state index contributed by atoms with van der Waals surface area (Å²) in [6.45, 7) is 9.79. The van der Waals surface area contributed by atoms with Crippen molar-refractivity contribution in [1.82, 2.24) is 9.47 Å². The van der Waals surface area contributed by atoms with Gasteiger partial charge in [-0.2, -0.15) is 0 Å². The van der Waals surface area contributed by atoms with Gasteiger partial charge in [0.05, 0.1) is 5.52 Å². The van der Waals surface area contributed by atoms with Crippen molar-refractivity contribution in [2.24, 2.45) is 5.73 Å². The van der Waals surface area contributed by atoms with Crippen LogP contribution >= 0.6 is 0 Å². The van der Waals surface area contributed by atoms with E-state index in [1.54, 1.807) is 0 Å². The van der Waals surface area contributed by atoms with E-state index in [4.69, 9.17) is 5.73 Å². The van der Waals surface area contributed by atoms with Crippen molar-refractivity contribution in [3.63, 3.8) is 0 Å². The van der Waals surface area contributed by atoms with Crippen molar-refractivity contribution in [1.29, 1.82) is 0 Å². The normalized spacial score (nSPS) is 16.1. The molecular formula is C18H27N3. The number of benzene rings is 1. The van der Waals surface area contributed by atoms with Gasteiger partial charge in [0.15, 0.2) is 0 Å². The SMILES string of the molecule is Cc1ccc(C)c2c1c(CCN1CCCC1)cn2CCN. The van der Waals surface area contributed by atoms with Gasteiger partial charge in [0.1, 0.15) is 0 Å². The van der Waals surface area contributed by atoms with E-state index in [9.17, 15) is 0 Å². The van der Waals surface area contributed by atoms with E-state index in [1.165, 1.54) is 60.1 Å². The number of aromatic nitrogens is 1. The Morgan fingerprint density at radius 2 is 1.76 bits per heavy atom. The minimum absolute atomic E-state index is 0.697. The van der Waals surface area contributed by atoms with Crippen molar-refractivity contribution >= 4 is 10.9 Å². The number of rotatable bonds is 5. The molecule has 3 heteroatoms. The van der Waals surface area contributed by atoms with Gasteiger partial charge in [-0.3, -0.25) is 0 Å². The maximum Gasteiger partial charge on any atom is 0.0515 e. The van der Waals surface area contributed by atoms with Crippen molar-refractivity contribution in [2.75, 3.05) is 26.2 Å². The Hall–Kier alpha value is -1.32. The lowest BCUT2D eigenvalue weighted by atomic mass is 10.0. The van der Waals surface area contributed by atoms with Gasteiger partial charge in [0, 0.05) is 31.2 Å². The molecule has 0 aliphatic carbocycles. The van der Waals surface area contributed by atoms with Crippen LogP contribution in [-0.2, 0) is 13.0 Å². The molecule has 114 valence electrons. The summed E-state index contributed by atoms with van der Waals surface area (Å²) >= 11 is 0. The fraction of sp³-hybridized carbons (Fsp3) is 0.556. The first-order valence-corrected chi connectivity index (χ1v) is 8.21. The highest BCUT2D eigenvalue weighted by atomic mass is 15.1. The molecule has 0 radical (unpaired) electrons. The monoisotopic (exact) mass is 285 g/mol. The highest BCUT2D eigenvalue weighted by molar-refractivity contribution is 5.89. The van der Waals surface area contributed by atoms with Crippen LogP contribution in [0.25, 0.3) is 10.9 Å². The fourth-order valence-corrected chi connectivity index (χ4v) is 3.68. The van der Waals surface area contributed by atoms with Crippen LogP contribution in [0.1, 0.15) is 29.5 Å². The molecule has 0 bridgehead atoms. The molecule has 1 aromatic heterocycles. The summed E-state index contributed by atoms with van der Waals surface area (Å²) in [6, 6.07) is 4.48. The Bertz CT molecular complexity index is 621. The third-order valence-electron chi connectivity index (χ3n) is 4.77. The van der Waals surface area contributed by atoms with Gasteiger partial charge in [0.25, 0.3) is 0 Å². The maximum atomic E-state index is 5.79. The Labute approximate surface area is 127 Å². The molecule has 2 aromatic rings. The van der Waals surface area contributed by atoms with Crippen LogP contribution in [0.4, 0.5) is 0 Å². The van der Waals surface area contributed by atoms with Crippen molar-refractivity contribution in [3.8, 4) is 0 Å². The second kappa shape index (κ2) is 6.20. The first-order chi connectivity index (χ1) is 10.2. The van der Waals surface area contributed by atoms with Gasteiger partial charge < -0.3 is 15.2 Å². The summed E-state index contributed by atoms with van der Waals surface area (Å²) in [4.78, 5) is 2.59. The predicted molar refractivity (Wildman–Crippen MR) is 89.8 cm³/mol. The lowest BCUT2D eigenvalue weighted by molar-refractivity contribution is 0.344. The molecule has 1 aliphatic rings. The average Bonchev–Trinajstić information content (AvgIpc) is 3.09. The number of fused-ring (bicyclic) bond motifs is 1. The summed E-state index contributed by atoms with van der Waals surface area (Å²) in [5.74, 6) is 0. The second-order valence-electron chi connectivity index (χ2n) is 6.36. The van der Waals surface area contributed by atoms with Crippen molar-refractivity contribution < 1.29 is 0 Å². The number of hydrogen-bond donors (Lipinski definition) is 1. The Morgan fingerprint density at radius 3 is 2.48 bits per heavy atom. The van der Waals surface area contributed by atoms with E-state index in [-0.39, 0.29) is 0 Å². The van der Waals surface area contributed by atoms with E-state index in [2.05, 4.69) is 41.6 Å². The number of hydrogen-bond acceptors (Lipinski definition) is 2. The smallest absolute Gasteiger partial charge is 0.0515 e. The maximum absolute atomic E-state index is 5.79. The highest BCUT2D eigenvalue weighted by Crippen LogP contribution is 2.28. The largest absolute Gasteiger partial charge is 0.346 e. The van der Waals surface area contributed by atoms with Crippen LogP contribution in [0, 0.1) is 13.8 Å². The number of nitrogens with two attached hydrogens (primary N) is 1. The van der Waals surface area contributed by atoms with Crippen LogP contribution in [0.5, 0.6) is 0 Å². The summed E-state index contributed by atoms with van der Waals surface area (Å²) in [5, 5.41) is 1.46. The molecule has 2 heterocycles. The van der Waals surface area contributed by atoms with Crippen LogP contribution in [-0.4, -0.2) is 35.6 Å². The van der Waals surface area contributed by atoms with Crippen LogP contribution in [0.15, 0.2) is 18.3 Å². The van der Waals surface area contributed by atoms with E-state index in [0.717, 1.165) is 13.0 Å². The Morgan fingerprint density at radius 1 is 1.05 bits per heavy atom. The lowest BCUT2D eigenvalue weighted by Crippen LogP contribution is -2.21. The Kier molecular flexibility index (Phi) is 4.32. The van der Waals surface area contributed by atoms with Crippen LogP contribution in [0.2, 0.25) is 0 Å². The molecule has 1 aliphatic heterocycles. The first kappa shape index (κ1) is 14.6. The van der Waals surface area contributed by atoms with E-state index >= 15 is 0 Å². The predicted octanol–water partition coefficient (Wildman–Crippen LogP) is 2.86. The Balaban J connectivity index is 1.95. The van der Waals surface area contributed by atoms with E-state index in [0.29, 0.717) is 6.54 Å².